The molecule has 3 aliphatic rings. The zero-order valence-electron chi connectivity index (χ0n) is 20.0. The van der Waals surface area contributed by atoms with Crippen molar-refractivity contribution in [3.63, 3.8) is 0 Å². The fourth-order valence-corrected chi connectivity index (χ4v) is 6.64. The summed E-state index contributed by atoms with van der Waals surface area (Å²) in [5.74, 6) is 1.91. The molecule has 6 rings (SSSR count). The molecule has 4 heteroatoms. The first-order valence-electron chi connectivity index (χ1n) is 12.1. The molecule has 3 fully saturated rings. The molecule has 5 unspecified atom stereocenters. The van der Waals surface area contributed by atoms with E-state index in [0.717, 1.165) is 52.8 Å². The molecule has 1 N–H and O–H groups in total. The molecular weight excluding hydrogens is 408 g/mol. The maximum Gasteiger partial charge on any atom is 0.131 e. The summed E-state index contributed by atoms with van der Waals surface area (Å²) in [6.07, 6.45) is 5.66. The zero-order valence-corrected chi connectivity index (χ0v) is 20.0. The van der Waals surface area contributed by atoms with E-state index >= 15 is 0 Å². The van der Waals surface area contributed by atoms with Crippen LogP contribution in [0.2, 0.25) is 0 Å². The summed E-state index contributed by atoms with van der Waals surface area (Å²) in [5.41, 5.74) is 5.84. The van der Waals surface area contributed by atoms with E-state index < -0.39 is 6.10 Å². The maximum absolute atomic E-state index is 11.9. The Hall–Kier alpha value is -2.69. The van der Waals surface area contributed by atoms with Gasteiger partial charge in [0, 0.05) is 35.9 Å². The van der Waals surface area contributed by atoms with E-state index in [1.165, 1.54) is 23.1 Å². The van der Waals surface area contributed by atoms with Crippen molar-refractivity contribution in [1.29, 1.82) is 0 Å². The van der Waals surface area contributed by atoms with Crippen LogP contribution in [0, 0.1) is 25.7 Å². The van der Waals surface area contributed by atoms with Crippen molar-refractivity contribution >= 4 is 10.9 Å². The van der Waals surface area contributed by atoms with Crippen LogP contribution < -0.4 is 4.74 Å². The maximum atomic E-state index is 11.9. The number of aromatic nitrogens is 1. The van der Waals surface area contributed by atoms with Gasteiger partial charge in [-0.1, -0.05) is 35.4 Å². The highest BCUT2D eigenvalue weighted by Gasteiger charge is 2.54. The third-order valence-corrected chi connectivity index (χ3v) is 8.12. The Balaban J connectivity index is 1.57. The molecule has 5 atom stereocenters. The quantitative estimate of drug-likeness (QED) is 0.404. The predicted molar refractivity (Wildman–Crippen MR) is 133 cm³/mol. The molecule has 3 aliphatic heterocycles. The molecule has 2 bridgehead atoms. The van der Waals surface area contributed by atoms with E-state index in [1.807, 2.05) is 30.5 Å². The van der Waals surface area contributed by atoms with Crippen molar-refractivity contribution < 1.29 is 14.3 Å². The summed E-state index contributed by atoms with van der Waals surface area (Å²) in [7, 11) is 1.68. The molecule has 4 nitrogen and oxygen atoms in total. The van der Waals surface area contributed by atoms with Gasteiger partial charge in [-0.25, -0.2) is 0 Å². The van der Waals surface area contributed by atoms with Gasteiger partial charge in [0.1, 0.15) is 24.4 Å². The lowest BCUT2D eigenvalue weighted by Gasteiger charge is -2.58. The van der Waals surface area contributed by atoms with Crippen molar-refractivity contribution in [2.45, 2.75) is 45.4 Å². The number of aliphatic hydroxyl groups is 1. The third-order valence-electron chi connectivity index (χ3n) is 8.12. The van der Waals surface area contributed by atoms with E-state index in [2.05, 4.69) is 49.7 Å². The lowest BCUT2D eigenvalue weighted by molar-refractivity contribution is -0.984. The highest BCUT2D eigenvalue weighted by molar-refractivity contribution is 5.83. The standard InChI is InChI=1S/C29H35N2O2/c1-5-22-18-31(17-21-13-19(2)12-20(3)14-21)11-9-23(22)15-28(31)29(32)25-8-10-30-27-7-6-24(33-4)16-26(25)27/h5-8,10,12-14,16,22-23,28-29,32H,1,9,11,15,17-18H2,2-4H3/q+1. The molecule has 1 aromatic heterocycles. The Morgan fingerprint density at radius 2 is 1.97 bits per heavy atom. The summed E-state index contributed by atoms with van der Waals surface area (Å²) in [6.45, 7) is 11.6. The van der Waals surface area contributed by atoms with Crippen LogP contribution in [0.3, 0.4) is 0 Å². The molecule has 172 valence electrons. The fourth-order valence-electron chi connectivity index (χ4n) is 6.64. The molecule has 3 saturated heterocycles. The van der Waals surface area contributed by atoms with E-state index in [9.17, 15) is 5.11 Å². The zero-order chi connectivity index (χ0) is 23.2. The van der Waals surface area contributed by atoms with E-state index in [0.29, 0.717) is 11.8 Å². The number of piperidine rings is 3. The molecule has 0 saturated carbocycles. The first-order valence-corrected chi connectivity index (χ1v) is 12.1. The highest BCUT2D eigenvalue weighted by Crippen LogP contribution is 2.48. The van der Waals surface area contributed by atoms with E-state index in [1.54, 1.807) is 7.11 Å². The van der Waals surface area contributed by atoms with Gasteiger partial charge in [-0.2, -0.15) is 0 Å². The van der Waals surface area contributed by atoms with Gasteiger partial charge in [0.05, 0.1) is 25.7 Å². The van der Waals surface area contributed by atoms with Gasteiger partial charge < -0.3 is 14.3 Å². The average molecular weight is 444 g/mol. The molecule has 0 amide bonds. The van der Waals surface area contributed by atoms with E-state index in [-0.39, 0.29) is 6.04 Å². The third kappa shape index (κ3) is 3.96. The molecule has 0 spiro atoms. The molecule has 0 radical (unpaired) electrons. The van der Waals surface area contributed by atoms with Gasteiger partial charge in [0.25, 0.3) is 0 Å². The number of aliphatic hydroxyl groups excluding tert-OH is 1. The largest absolute Gasteiger partial charge is 0.497 e. The van der Waals surface area contributed by atoms with Gasteiger partial charge in [0.15, 0.2) is 0 Å². The highest BCUT2D eigenvalue weighted by atomic mass is 16.5. The number of fused-ring (bicyclic) bond motifs is 4. The molecule has 0 aliphatic carbocycles. The Morgan fingerprint density at radius 3 is 2.70 bits per heavy atom. The van der Waals surface area contributed by atoms with Crippen molar-refractivity contribution in [3.8, 4) is 5.75 Å². The van der Waals surface area contributed by atoms with Crippen molar-refractivity contribution in [2.24, 2.45) is 11.8 Å². The minimum absolute atomic E-state index is 0.151. The molecule has 3 aromatic rings. The van der Waals surface area contributed by atoms with Crippen LogP contribution in [-0.4, -0.2) is 40.8 Å². The average Bonchev–Trinajstić information content (AvgIpc) is 2.82. The number of hydrogen-bond acceptors (Lipinski definition) is 3. The molecule has 2 aromatic carbocycles. The summed E-state index contributed by atoms with van der Waals surface area (Å²) in [6, 6.07) is 14.9. The fraction of sp³-hybridized carbons (Fsp3) is 0.414. The first kappa shape index (κ1) is 22.1. The monoisotopic (exact) mass is 443 g/mol. The van der Waals surface area contributed by atoms with Gasteiger partial charge in [-0.05, 0) is 49.6 Å². The van der Waals surface area contributed by atoms with Crippen molar-refractivity contribution in [1.82, 2.24) is 4.98 Å². The lowest BCUT2D eigenvalue weighted by atomic mass is 9.71. The van der Waals surface area contributed by atoms with Crippen LogP contribution in [0.15, 0.2) is 61.3 Å². The number of aryl methyl sites for hydroxylation is 2. The number of methoxy groups -OCH3 is 1. The Kier molecular flexibility index (Phi) is 5.75. The number of ether oxygens (including phenoxy) is 1. The Labute approximate surface area is 197 Å². The predicted octanol–water partition coefficient (Wildman–Crippen LogP) is 5.51. The second kappa shape index (κ2) is 8.58. The summed E-state index contributed by atoms with van der Waals surface area (Å²) >= 11 is 0. The molecular formula is C29H35N2O2+. The van der Waals surface area contributed by atoms with Gasteiger partial charge in [0.2, 0.25) is 0 Å². The number of pyridine rings is 1. The minimum atomic E-state index is -0.554. The van der Waals surface area contributed by atoms with E-state index in [4.69, 9.17) is 4.74 Å². The Morgan fingerprint density at radius 1 is 1.18 bits per heavy atom. The second-order valence-corrected chi connectivity index (χ2v) is 10.3. The van der Waals surface area contributed by atoms with Crippen LogP contribution in [0.4, 0.5) is 0 Å². The first-order chi connectivity index (χ1) is 15.9. The van der Waals surface area contributed by atoms with Crippen LogP contribution >= 0.6 is 0 Å². The van der Waals surface area contributed by atoms with Crippen LogP contribution in [0.1, 0.15) is 41.2 Å². The Bertz CT molecular complexity index is 1170. The number of benzene rings is 2. The van der Waals surface area contributed by atoms with Crippen LogP contribution in [0.25, 0.3) is 10.9 Å². The number of rotatable bonds is 6. The summed E-state index contributed by atoms with van der Waals surface area (Å²) < 4.78 is 6.40. The van der Waals surface area contributed by atoms with Crippen molar-refractivity contribution in [3.05, 3.63) is 83.6 Å². The smallest absolute Gasteiger partial charge is 0.131 e. The van der Waals surface area contributed by atoms with Gasteiger partial charge in [-0.15, -0.1) is 6.58 Å². The van der Waals surface area contributed by atoms with Crippen LogP contribution in [0.5, 0.6) is 5.75 Å². The number of nitrogens with zero attached hydrogens (tertiary/aromatic N) is 2. The topological polar surface area (TPSA) is 42.4 Å². The second-order valence-electron chi connectivity index (χ2n) is 10.3. The number of quaternary nitrogens is 1. The minimum Gasteiger partial charge on any atom is -0.497 e. The van der Waals surface area contributed by atoms with Crippen LogP contribution in [-0.2, 0) is 6.54 Å². The summed E-state index contributed by atoms with van der Waals surface area (Å²) in [4.78, 5) is 4.54. The molecule has 33 heavy (non-hydrogen) atoms. The normalized spacial score (nSPS) is 27.5. The van der Waals surface area contributed by atoms with Gasteiger partial charge in [-0.3, -0.25) is 4.98 Å². The van der Waals surface area contributed by atoms with Crippen molar-refractivity contribution in [2.75, 3.05) is 20.2 Å². The summed E-state index contributed by atoms with van der Waals surface area (Å²) in [5, 5.41) is 12.9. The SMILES string of the molecule is C=CC1C[N+]2(Cc3cc(C)cc(C)c3)CCC1CC2C(O)c1ccnc2ccc(OC)cc12. The lowest BCUT2D eigenvalue weighted by Crippen LogP contribution is -2.67. The van der Waals surface area contributed by atoms with Gasteiger partial charge >= 0.3 is 0 Å². The molecule has 4 heterocycles. The number of hydrogen-bond donors (Lipinski definition) is 1.